The number of carbonyl (C=O) groups excluding carboxylic acids is 1. The third-order valence-electron chi connectivity index (χ3n) is 4.29. The van der Waals surface area contributed by atoms with Gasteiger partial charge in [0.15, 0.2) is 0 Å². The summed E-state index contributed by atoms with van der Waals surface area (Å²) in [4.78, 5) is 23.8. The fourth-order valence-electron chi connectivity index (χ4n) is 2.59. The van der Waals surface area contributed by atoms with Gasteiger partial charge in [-0.1, -0.05) is 13.0 Å². The van der Waals surface area contributed by atoms with Gasteiger partial charge in [0.2, 0.25) is 0 Å². The van der Waals surface area contributed by atoms with Crippen molar-refractivity contribution in [3.8, 4) is 5.75 Å². The van der Waals surface area contributed by atoms with Crippen LogP contribution in [0.5, 0.6) is 5.75 Å². The van der Waals surface area contributed by atoms with Gasteiger partial charge in [-0.3, -0.25) is 4.79 Å². The summed E-state index contributed by atoms with van der Waals surface area (Å²) in [6.45, 7) is 8.74. The van der Waals surface area contributed by atoms with E-state index in [9.17, 15) is 19.8 Å². The number of carboxylic acid groups (broad SMARTS) is 1. The minimum Gasteiger partial charge on any atom is -0.506 e. The number of aliphatic carboxylic acids is 1. The number of benzene rings is 1. The summed E-state index contributed by atoms with van der Waals surface area (Å²) >= 11 is 0. The lowest BCUT2D eigenvalue weighted by Gasteiger charge is -2.30. The monoisotopic (exact) mass is 366 g/mol. The first kappa shape index (κ1) is 21.6. The molecule has 0 aliphatic carbocycles. The number of nitrogen functional groups attached to an aromatic ring is 1. The quantitative estimate of drug-likeness (QED) is 0.434. The number of aromatic hydroxyl groups is 1. The van der Waals surface area contributed by atoms with Gasteiger partial charge in [0, 0.05) is 6.04 Å². The third kappa shape index (κ3) is 6.46. The Labute approximate surface area is 154 Å². The van der Waals surface area contributed by atoms with Crippen LogP contribution in [-0.2, 0) is 16.0 Å². The first-order chi connectivity index (χ1) is 11.9. The van der Waals surface area contributed by atoms with E-state index in [1.54, 1.807) is 46.8 Å². The Morgan fingerprint density at radius 2 is 1.88 bits per heavy atom. The van der Waals surface area contributed by atoms with Crippen LogP contribution in [0.3, 0.4) is 0 Å². The molecule has 1 unspecified atom stereocenters. The smallest absolute Gasteiger partial charge is 0.407 e. The van der Waals surface area contributed by atoms with Crippen LogP contribution in [0.4, 0.5) is 10.5 Å². The van der Waals surface area contributed by atoms with Gasteiger partial charge in [0.25, 0.3) is 0 Å². The number of rotatable bonds is 7. The number of carboxylic acids is 1. The molecule has 1 aromatic rings. The van der Waals surface area contributed by atoms with Crippen molar-refractivity contribution < 1.29 is 24.5 Å². The van der Waals surface area contributed by atoms with E-state index in [1.807, 2.05) is 0 Å². The molecule has 0 spiro atoms. The number of phenolic OH excluding ortho intramolecular Hbond substituents is 1. The molecule has 0 bridgehead atoms. The number of anilines is 1. The average Bonchev–Trinajstić information content (AvgIpc) is 2.48. The van der Waals surface area contributed by atoms with E-state index in [0.717, 1.165) is 5.56 Å². The molecule has 0 fully saturated rings. The number of alkyl carbamates (subject to hydrolysis) is 1. The van der Waals surface area contributed by atoms with Crippen LogP contribution in [0.15, 0.2) is 18.2 Å². The Bertz CT molecular complexity index is 654. The van der Waals surface area contributed by atoms with Crippen molar-refractivity contribution in [1.29, 1.82) is 0 Å². The maximum Gasteiger partial charge on any atom is 0.407 e. The number of nitrogens with two attached hydrogens (primary N) is 1. The Hall–Kier alpha value is -2.44. The van der Waals surface area contributed by atoms with Gasteiger partial charge in [0.05, 0.1) is 11.1 Å². The van der Waals surface area contributed by atoms with Crippen molar-refractivity contribution in [3.63, 3.8) is 0 Å². The van der Waals surface area contributed by atoms with Crippen molar-refractivity contribution >= 4 is 17.7 Å². The second kappa shape index (κ2) is 8.29. The maximum atomic E-state index is 12.2. The number of amides is 1. The van der Waals surface area contributed by atoms with E-state index in [1.165, 1.54) is 6.07 Å². The molecule has 0 aromatic heterocycles. The van der Waals surface area contributed by atoms with Crippen LogP contribution in [0.25, 0.3) is 0 Å². The molecule has 1 amide bonds. The first-order valence-electron chi connectivity index (χ1n) is 8.66. The zero-order valence-electron chi connectivity index (χ0n) is 16.1. The lowest BCUT2D eigenvalue weighted by molar-refractivity contribution is -0.149. The summed E-state index contributed by atoms with van der Waals surface area (Å²) in [7, 11) is 0. The number of hydrogen-bond acceptors (Lipinski definition) is 5. The molecule has 1 aromatic carbocycles. The summed E-state index contributed by atoms with van der Waals surface area (Å²) in [6.07, 6.45) is 0.427. The summed E-state index contributed by atoms with van der Waals surface area (Å²) in [5.41, 5.74) is 5.10. The zero-order chi connectivity index (χ0) is 20.1. The summed E-state index contributed by atoms with van der Waals surface area (Å²) in [5, 5.41) is 21.9. The standard InChI is InChI=1S/C19H30N2O5/c1-6-19(5,16(23)24)11-13(21-17(25)26-18(2,3)4)9-12-7-8-15(22)14(20)10-12/h7-8,10,13,22H,6,9,11,20H2,1-5H3,(H,21,25)(H,23,24)/t13-,19?/m1/s1. The molecule has 2 atom stereocenters. The molecule has 0 saturated carbocycles. The van der Waals surface area contributed by atoms with Gasteiger partial charge in [-0.05, 0) is 64.7 Å². The highest BCUT2D eigenvalue weighted by atomic mass is 16.6. The van der Waals surface area contributed by atoms with Crippen LogP contribution in [-0.4, -0.2) is 33.9 Å². The third-order valence-corrected chi connectivity index (χ3v) is 4.29. The van der Waals surface area contributed by atoms with Gasteiger partial charge in [-0.25, -0.2) is 4.79 Å². The largest absolute Gasteiger partial charge is 0.506 e. The molecular weight excluding hydrogens is 336 g/mol. The summed E-state index contributed by atoms with van der Waals surface area (Å²) < 4.78 is 5.30. The summed E-state index contributed by atoms with van der Waals surface area (Å²) in [5.74, 6) is -0.935. The van der Waals surface area contributed by atoms with Crippen molar-refractivity contribution in [2.24, 2.45) is 5.41 Å². The van der Waals surface area contributed by atoms with E-state index in [4.69, 9.17) is 10.5 Å². The predicted octanol–water partition coefficient (Wildman–Crippen LogP) is 3.30. The van der Waals surface area contributed by atoms with Crippen molar-refractivity contribution in [2.75, 3.05) is 5.73 Å². The number of phenols is 1. The van der Waals surface area contributed by atoms with Crippen LogP contribution in [0, 0.1) is 5.41 Å². The lowest BCUT2D eigenvalue weighted by Crippen LogP contribution is -2.44. The lowest BCUT2D eigenvalue weighted by atomic mass is 9.80. The molecule has 5 N–H and O–H groups in total. The SMILES string of the molecule is CCC(C)(C[C@@H](Cc1ccc(O)c(N)c1)NC(=O)OC(C)(C)C)C(=O)O. The molecule has 0 heterocycles. The molecule has 146 valence electrons. The van der Waals surface area contributed by atoms with Crippen molar-refractivity contribution in [2.45, 2.75) is 65.5 Å². The van der Waals surface area contributed by atoms with E-state index < -0.39 is 29.1 Å². The highest BCUT2D eigenvalue weighted by Gasteiger charge is 2.35. The fourth-order valence-corrected chi connectivity index (χ4v) is 2.59. The minimum absolute atomic E-state index is 0.0191. The Morgan fingerprint density at radius 3 is 2.35 bits per heavy atom. The molecule has 1 rings (SSSR count). The van der Waals surface area contributed by atoms with E-state index in [0.29, 0.717) is 12.8 Å². The van der Waals surface area contributed by atoms with E-state index in [2.05, 4.69) is 5.32 Å². The van der Waals surface area contributed by atoms with E-state index >= 15 is 0 Å². The van der Waals surface area contributed by atoms with Crippen LogP contribution in [0.1, 0.15) is 53.0 Å². The second-order valence-electron chi connectivity index (χ2n) is 7.86. The molecule has 0 radical (unpaired) electrons. The van der Waals surface area contributed by atoms with Gasteiger partial charge < -0.3 is 26.0 Å². The Morgan fingerprint density at radius 1 is 1.27 bits per heavy atom. The number of ether oxygens (including phenoxy) is 1. The van der Waals surface area contributed by atoms with E-state index in [-0.39, 0.29) is 17.9 Å². The molecule has 7 nitrogen and oxygen atoms in total. The molecule has 7 heteroatoms. The van der Waals surface area contributed by atoms with Crippen LogP contribution >= 0.6 is 0 Å². The number of nitrogens with one attached hydrogen (secondary N) is 1. The van der Waals surface area contributed by atoms with Gasteiger partial charge in [0.1, 0.15) is 11.4 Å². The van der Waals surface area contributed by atoms with Crippen molar-refractivity contribution in [3.05, 3.63) is 23.8 Å². The minimum atomic E-state index is -0.984. The van der Waals surface area contributed by atoms with Crippen molar-refractivity contribution in [1.82, 2.24) is 5.32 Å². The molecule has 26 heavy (non-hydrogen) atoms. The zero-order valence-corrected chi connectivity index (χ0v) is 16.1. The number of hydrogen-bond donors (Lipinski definition) is 4. The van der Waals surface area contributed by atoms with Gasteiger partial charge >= 0.3 is 12.1 Å². The predicted molar refractivity (Wildman–Crippen MR) is 100 cm³/mol. The Kier molecular flexibility index (Phi) is 6.89. The molecule has 0 aliphatic heterocycles. The topological polar surface area (TPSA) is 122 Å². The highest BCUT2D eigenvalue weighted by molar-refractivity contribution is 5.74. The maximum absolute atomic E-state index is 12.2. The molecule has 0 saturated heterocycles. The average molecular weight is 366 g/mol. The van der Waals surface area contributed by atoms with Gasteiger partial charge in [-0.15, -0.1) is 0 Å². The van der Waals surface area contributed by atoms with Crippen LogP contribution in [0.2, 0.25) is 0 Å². The Balaban J connectivity index is 3.01. The second-order valence-corrected chi connectivity index (χ2v) is 7.86. The fraction of sp³-hybridized carbons (Fsp3) is 0.579. The highest BCUT2D eigenvalue weighted by Crippen LogP contribution is 2.30. The molecular formula is C19H30N2O5. The van der Waals surface area contributed by atoms with Gasteiger partial charge in [-0.2, -0.15) is 0 Å². The number of carbonyl (C=O) groups is 2. The normalized spacial score (nSPS) is 15.0. The first-order valence-corrected chi connectivity index (χ1v) is 8.66. The summed E-state index contributed by atoms with van der Waals surface area (Å²) in [6, 6.07) is 4.32. The molecule has 0 aliphatic rings. The van der Waals surface area contributed by atoms with Crippen LogP contribution < -0.4 is 11.1 Å².